The molecule has 7 nitrogen and oxygen atoms in total. The summed E-state index contributed by atoms with van der Waals surface area (Å²) in [5.41, 5.74) is 3.89. The maximum atomic E-state index is 13.5. The molecule has 1 heterocycles. The van der Waals surface area contributed by atoms with Gasteiger partial charge in [-0.25, -0.2) is 0 Å². The molecule has 1 aliphatic heterocycles. The number of benzene rings is 2. The van der Waals surface area contributed by atoms with Crippen molar-refractivity contribution >= 4 is 23.3 Å². The highest BCUT2D eigenvalue weighted by molar-refractivity contribution is 8.03. The van der Waals surface area contributed by atoms with Crippen LogP contribution in [0.1, 0.15) is 54.1 Å². The molecule has 38 heavy (non-hydrogen) atoms. The minimum Gasteiger partial charge on any atom is -0.493 e. The van der Waals surface area contributed by atoms with Gasteiger partial charge >= 0.3 is 0 Å². The molecule has 2 aliphatic rings. The zero-order valence-corrected chi connectivity index (χ0v) is 23.4. The van der Waals surface area contributed by atoms with Crippen LogP contribution in [0.3, 0.4) is 0 Å². The van der Waals surface area contributed by atoms with E-state index in [1.807, 2.05) is 31.2 Å². The quantitative estimate of drug-likeness (QED) is 0.432. The Morgan fingerprint density at radius 2 is 1.71 bits per heavy atom. The maximum Gasteiger partial charge on any atom is 0.203 e. The van der Waals surface area contributed by atoms with Gasteiger partial charge in [0.25, 0.3) is 0 Å². The Labute approximate surface area is 227 Å². The number of nitriles is 1. The van der Waals surface area contributed by atoms with Gasteiger partial charge in [0.2, 0.25) is 5.75 Å². The van der Waals surface area contributed by atoms with Gasteiger partial charge in [0.15, 0.2) is 23.1 Å². The van der Waals surface area contributed by atoms with Crippen LogP contribution in [0.15, 0.2) is 58.3 Å². The van der Waals surface area contributed by atoms with Crippen LogP contribution in [0, 0.1) is 23.7 Å². The molecule has 1 N–H and O–H groups in total. The van der Waals surface area contributed by atoms with Crippen LogP contribution in [-0.2, 0) is 4.79 Å². The number of thioether (sulfide) groups is 1. The van der Waals surface area contributed by atoms with Gasteiger partial charge in [-0.1, -0.05) is 55.4 Å². The molecule has 0 saturated carbocycles. The van der Waals surface area contributed by atoms with Gasteiger partial charge in [-0.3, -0.25) is 9.59 Å². The minimum atomic E-state index is -0.634. The fourth-order valence-electron chi connectivity index (χ4n) is 5.05. The Morgan fingerprint density at radius 1 is 1.08 bits per heavy atom. The molecule has 0 unspecified atom stereocenters. The molecule has 4 rings (SSSR count). The van der Waals surface area contributed by atoms with E-state index in [0.717, 1.165) is 11.3 Å². The Morgan fingerprint density at radius 3 is 2.26 bits per heavy atom. The van der Waals surface area contributed by atoms with Crippen molar-refractivity contribution in [1.29, 1.82) is 5.26 Å². The summed E-state index contributed by atoms with van der Waals surface area (Å²) in [7, 11) is 4.58. The molecular weight excluding hydrogens is 500 g/mol. The first-order chi connectivity index (χ1) is 18.1. The minimum absolute atomic E-state index is 0.00460. The number of Topliss-reactive ketones (excluding diaryl/α,β-unsaturated/α-hetero) is 2. The highest BCUT2D eigenvalue weighted by Crippen LogP contribution is 2.50. The van der Waals surface area contributed by atoms with Crippen molar-refractivity contribution in [3.05, 3.63) is 75.0 Å². The monoisotopic (exact) mass is 532 g/mol. The topological polar surface area (TPSA) is 97.7 Å². The maximum absolute atomic E-state index is 13.5. The van der Waals surface area contributed by atoms with Crippen molar-refractivity contribution in [3.63, 3.8) is 0 Å². The highest BCUT2D eigenvalue weighted by Gasteiger charge is 2.42. The predicted molar refractivity (Wildman–Crippen MR) is 148 cm³/mol. The SMILES string of the molecule is COc1cc([C@@H]2C(C#N)=C(SCC(=O)c3ccc(C)cc3)NC3=C2C(=O)CC(C)(C)C3)cc(OC)c1OC. The number of ether oxygens (including phenoxy) is 3. The molecule has 0 aromatic heterocycles. The Hall–Kier alpha value is -3.70. The summed E-state index contributed by atoms with van der Waals surface area (Å²) in [6.07, 6.45) is 1.02. The third kappa shape index (κ3) is 5.30. The van der Waals surface area contributed by atoms with E-state index in [-0.39, 0.29) is 22.7 Å². The molecule has 1 aliphatic carbocycles. The van der Waals surface area contributed by atoms with Crippen molar-refractivity contribution in [2.75, 3.05) is 27.1 Å². The van der Waals surface area contributed by atoms with Crippen LogP contribution in [0.25, 0.3) is 0 Å². The molecule has 0 fully saturated rings. The van der Waals surface area contributed by atoms with Gasteiger partial charge in [-0.2, -0.15) is 5.26 Å². The van der Waals surface area contributed by atoms with Crippen molar-refractivity contribution in [3.8, 4) is 23.3 Å². The van der Waals surface area contributed by atoms with E-state index in [0.29, 0.717) is 57.4 Å². The first-order valence-electron chi connectivity index (χ1n) is 12.3. The van der Waals surface area contributed by atoms with Crippen molar-refractivity contribution in [2.24, 2.45) is 5.41 Å². The van der Waals surface area contributed by atoms with E-state index in [4.69, 9.17) is 14.2 Å². The molecule has 0 amide bonds. The standard InChI is InChI=1S/C30H32N2O5S/c1-17-7-9-18(10-8-17)23(34)16-38-29-20(15-31)26(27-21(32-29)13-30(2,3)14-22(27)33)19-11-24(35-4)28(37-6)25(12-19)36-5/h7-12,26,32H,13-14,16H2,1-6H3/t26-/m1/s1. The second-order valence-electron chi connectivity index (χ2n) is 10.3. The number of hydrogen-bond acceptors (Lipinski definition) is 8. The lowest BCUT2D eigenvalue weighted by atomic mass is 9.69. The van der Waals surface area contributed by atoms with Crippen LogP contribution in [-0.4, -0.2) is 38.6 Å². The fourth-order valence-corrected chi connectivity index (χ4v) is 6.01. The zero-order chi connectivity index (χ0) is 27.6. The highest BCUT2D eigenvalue weighted by atomic mass is 32.2. The number of dihydropyridines is 1. The van der Waals surface area contributed by atoms with Gasteiger partial charge in [0.1, 0.15) is 0 Å². The van der Waals surface area contributed by atoms with E-state index in [2.05, 4.69) is 25.2 Å². The summed E-state index contributed by atoms with van der Waals surface area (Å²) in [4.78, 5) is 26.5. The van der Waals surface area contributed by atoms with Crippen LogP contribution < -0.4 is 19.5 Å². The second-order valence-corrected chi connectivity index (χ2v) is 11.3. The molecule has 0 saturated heterocycles. The summed E-state index contributed by atoms with van der Waals surface area (Å²) in [5.74, 6) is 0.780. The Bertz CT molecular complexity index is 1360. The van der Waals surface area contributed by atoms with Crippen LogP contribution in [0.2, 0.25) is 0 Å². The number of carbonyl (C=O) groups is 2. The molecule has 0 radical (unpaired) electrons. The van der Waals surface area contributed by atoms with Gasteiger partial charge in [0.05, 0.1) is 49.7 Å². The second kappa shape index (κ2) is 11.0. The van der Waals surface area contributed by atoms with Crippen molar-refractivity contribution in [2.45, 2.75) is 39.5 Å². The Balaban J connectivity index is 1.81. The number of aryl methyl sites for hydroxylation is 1. The van der Waals surface area contributed by atoms with Gasteiger partial charge in [-0.05, 0) is 36.5 Å². The number of nitrogens with one attached hydrogen (secondary N) is 1. The number of rotatable bonds is 8. The van der Waals surface area contributed by atoms with E-state index < -0.39 is 5.92 Å². The Kier molecular flexibility index (Phi) is 7.89. The smallest absolute Gasteiger partial charge is 0.203 e. The molecule has 2 aromatic carbocycles. The first kappa shape index (κ1) is 27.3. The van der Waals surface area contributed by atoms with Crippen LogP contribution in [0.5, 0.6) is 17.2 Å². The summed E-state index contributed by atoms with van der Waals surface area (Å²) >= 11 is 1.28. The zero-order valence-electron chi connectivity index (χ0n) is 22.6. The van der Waals surface area contributed by atoms with Crippen LogP contribution in [0.4, 0.5) is 0 Å². The lowest BCUT2D eigenvalue weighted by Gasteiger charge is -2.39. The third-order valence-electron chi connectivity index (χ3n) is 6.87. The lowest BCUT2D eigenvalue weighted by Crippen LogP contribution is -2.37. The average molecular weight is 533 g/mol. The van der Waals surface area contributed by atoms with E-state index in [9.17, 15) is 14.9 Å². The predicted octanol–water partition coefficient (Wildman–Crippen LogP) is 5.70. The number of methoxy groups -OCH3 is 3. The summed E-state index contributed by atoms with van der Waals surface area (Å²) in [6, 6.07) is 13.3. The van der Waals surface area contributed by atoms with Crippen molar-refractivity contribution < 1.29 is 23.8 Å². The molecule has 1 atom stereocenters. The van der Waals surface area contributed by atoms with Crippen molar-refractivity contribution in [1.82, 2.24) is 5.32 Å². The third-order valence-corrected chi connectivity index (χ3v) is 7.89. The average Bonchev–Trinajstić information content (AvgIpc) is 2.89. The van der Waals surface area contributed by atoms with E-state index >= 15 is 0 Å². The number of nitrogens with zero attached hydrogens (tertiary/aromatic N) is 1. The molecule has 2 aromatic rings. The molecular formula is C30H32N2O5S. The number of allylic oxidation sites excluding steroid dienone is 3. The fraction of sp³-hybridized carbons (Fsp3) is 0.367. The molecule has 0 bridgehead atoms. The van der Waals surface area contributed by atoms with E-state index in [1.165, 1.54) is 33.1 Å². The van der Waals surface area contributed by atoms with Gasteiger partial charge in [-0.15, -0.1) is 0 Å². The molecule has 198 valence electrons. The molecule has 0 spiro atoms. The molecule has 8 heteroatoms. The first-order valence-corrected chi connectivity index (χ1v) is 13.3. The normalized spacial score (nSPS) is 18.3. The summed E-state index contributed by atoms with van der Waals surface area (Å²) in [5, 5.41) is 14.3. The summed E-state index contributed by atoms with van der Waals surface area (Å²) in [6.45, 7) is 6.09. The number of carbonyl (C=O) groups excluding carboxylic acids is 2. The van der Waals surface area contributed by atoms with Gasteiger partial charge < -0.3 is 19.5 Å². The largest absolute Gasteiger partial charge is 0.493 e. The van der Waals surface area contributed by atoms with Gasteiger partial charge in [0, 0.05) is 23.3 Å². The van der Waals surface area contributed by atoms with E-state index in [1.54, 1.807) is 12.1 Å². The van der Waals surface area contributed by atoms with Crippen LogP contribution >= 0.6 is 11.8 Å². The number of ketones is 2. The lowest BCUT2D eigenvalue weighted by molar-refractivity contribution is -0.118. The summed E-state index contributed by atoms with van der Waals surface area (Å²) < 4.78 is 16.6. The number of hydrogen-bond donors (Lipinski definition) is 1.